The maximum atomic E-state index is 13.0. The van der Waals surface area contributed by atoms with Gasteiger partial charge in [-0.15, -0.1) is 10.2 Å². The van der Waals surface area contributed by atoms with E-state index in [1.165, 1.54) is 17.3 Å². The Labute approximate surface area is 189 Å². The summed E-state index contributed by atoms with van der Waals surface area (Å²) in [6.07, 6.45) is 0.896. The fourth-order valence-electron chi connectivity index (χ4n) is 3.76. The van der Waals surface area contributed by atoms with Gasteiger partial charge in [0.15, 0.2) is 11.0 Å². The van der Waals surface area contributed by atoms with E-state index in [-0.39, 0.29) is 5.91 Å². The molecule has 7 heteroatoms. The average molecular weight is 447 g/mol. The lowest BCUT2D eigenvalue weighted by atomic mass is 10.2. The lowest BCUT2D eigenvalue weighted by Gasteiger charge is -2.17. The minimum Gasteiger partial charge on any atom is -0.311 e. The highest BCUT2D eigenvalue weighted by Gasteiger charge is 2.25. The topological polar surface area (TPSA) is 51.0 Å². The second-order valence-corrected chi connectivity index (χ2v) is 8.58. The van der Waals surface area contributed by atoms with Crippen LogP contribution >= 0.6 is 23.4 Å². The molecule has 154 valence electrons. The third-order valence-corrected chi connectivity index (χ3v) is 6.43. The Morgan fingerprint density at radius 3 is 2.48 bits per heavy atom. The van der Waals surface area contributed by atoms with E-state index >= 15 is 0 Å². The van der Waals surface area contributed by atoms with E-state index in [9.17, 15) is 4.79 Å². The molecule has 0 saturated heterocycles. The number of rotatable bonds is 5. The van der Waals surface area contributed by atoms with Gasteiger partial charge in [-0.1, -0.05) is 59.8 Å². The monoisotopic (exact) mass is 446 g/mol. The van der Waals surface area contributed by atoms with Crippen LogP contribution in [0.2, 0.25) is 5.02 Å². The lowest BCUT2D eigenvalue weighted by molar-refractivity contribution is -0.116. The van der Waals surface area contributed by atoms with Crippen molar-refractivity contribution < 1.29 is 4.79 Å². The minimum absolute atomic E-state index is 0.0746. The summed E-state index contributed by atoms with van der Waals surface area (Å²) in [6.45, 7) is 0.722. The zero-order valence-electron chi connectivity index (χ0n) is 16.6. The molecule has 1 aliphatic rings. The first-order valence-corrected chi connectivity index (χ1v) is 11.3. The van der Waals surface area contributed by atoms with E-state index in [4.69, 9.17) is 11.6 Å². The Bertz CT molecular complexity index is 1220. The van der Waals surface area contributed by atoms with Crippen LogP contribution in [0.1, 0.15) is 5.56 Å². The van der Waals surface area contributed by atoms with Gasteiger partial charge < -0.3 is 4.90 Å². The molecular weight excluding hydrogens is 428 g/mol. The van der Waals surface area contributed by atoms with E-state index in [0.717, 1.165) is 29.9 Å². The summed E-state index contributed by atoms with van der Waals surface area (Å²) >= 11 is 7.46. The van der Waals surface area contributed by atoms with Gasteiger partial charge in [-0.25, -0.2) is 0 Å². The van der Waals surface area contributed by atoms with Crippen molar-refractivity contribution in [2.45, 2.75) is 11.6 Å². The standard InChI is InChI=1S/C24H19ClN4OS/c25-19-12-10-18(11-13-19)23-26-27-24(29(23)20-7-2-1-3-8-20)31-16-22(30)28-15-14-17-6-4-5-9-21(17)28/h1-13H,14-16H2. The highest BCUT2D eigenvalue weighted by molar-refractivity contribution is 7.99. The quantitative estimate of drug-likeness (QED) is 0.392. The number of hydrogen-bond donors (Lipinski definition) is 0. The molecule has 0 spiro atoms. The predicted molar refractivity (Wildman–Crippen MR) is 125 cm³/mol. The molecule has 0 atom stereocenters. The Balaban J connectivity index is 1.43. The Morgan fingerprint density at radius 2 is 1.68 bits per heavy atom. The maximum Gasteiger partial charge on any atom is 0.237 e. The molecule has 0 fully saturated rings. The molecule has 0 N–H and O–H groups in total. The smallest absolute Gasteiger partial charge is 0.237 e. The third kappa shape index (κ3) is 3.96. The van der Waals surface area contributed by atoms with Crippen LogP contribution in [-0.2, 0) is 11.2 Å². The number of para-hydroxylation sites is 2. The number of aromatic nitrogens is 3. The number of carbonyl (C=O) groups is 1. The van der Waals surface area contributed by atoms with Crippen molar-refractivity contribution >= 4 is 35.0 Å². The number of thioether (sulfide) groups is 1. The molecule has 3 aromatic carbocycles. The van der Waals surface area contributed by atoms with E-state index in [2.05, 4.69) is 16.3 Å². The van der Waals surface area contributed by atoms with E-state index in [1.54, 1.807) is 0 Å². The molecule has 5 nitrogen and oxygen atoms in total. The summed E-state index contributed by atoms with van der Waals surface area (Å²) in [6, 6.07) is 25.5. The molecule has 1 aliphatic heterocycles. The zero-order chi connectivity index (χ0) is 21.2. The summed E-state index contributed by atoms with van der Waals surface area (Å²) < 4.78 is 1.99. The number of hydrogen-bond acceptors (Lipinski definition) is 4. The van der Waals surface area contributed by atoms with Crippen molar-refractivity contribution in [1.29, 1.82) is 0 Å². The maximum absolute atomic E-state index is 13.0. The number of nitrogens with zero attached hydrogens (tertiary/aromatic N) is 4. The van der Waals surface area contributed by atoms with Crippen LogP contribution in [0.5, 0.6) is 0 Å². The lowest BCUT2D eigenvalue weighted by Crippen LogP contribution is -2.30. The van der Waals surface area contributed by atoms with Crippen molar-refractivity contribution in [2.75, 3.05) is 17.2 Å². The Hall–Kier alpha value is -3.09. The molecule has 1 aromatic heterocycles. The first-order valence-electron chi connectivity index (χ1n) is 9.98. The van der Waals surface area contributed by atoms with Crippen molar-refractivity contribution in [1.82, 2.24) is 14.8 Å². The number of carbonyl (C=O) groups excluding carboxylic acids is 1. The largest absolute Gasteiger partial charge is 0.311 e. The molecule has 31 heavy (non-hydrogen) atoms. The second kappa shape index (κ2) is 8.57. The van der Waals surface area contributed by atoms with Crippen molar-refractivity contribution in [2.24, 2.45) is 0 Å². The molecule has 1 amide bonds. The van der Waals surface area contributed by atoms with Crippen molar-refractivity contribution in [3.8, 4) is 17.1 Å². The fourth-order valence-corrected chi connectivity index (χ4v) is 4.71. The molecule has 0 bridgehead atoms. The van der Waals surface area contributed by atoms with Gasteiger partial charge >= 0.3 is 0 Å². The Morgan fingerprint density at radius 1 is 0.935 bits per heavy atom. The molecular formula is C24H19ClN4OS. The van der Waals surface area contributed by atoms with Crippen LogP contribution < -0.4 is 4.90 Å². The van der Waals surface area contributed by atoms with Gasteiger partial charge in [0.2, 0.25) is 5.91 Å². The van der Waals surface area contributed by atoms with Gasteiger partial charge in [-0.05, 0) is 54.4 Å². The van der Waals surface area contributed by atoms with Crippen LogP contribution in [-0.4, -0.2) is 33.0 Å². The summed E-state index contributed by atoms with van der Waals surface area (Å²) in [5.74, 6) is 1.08. The number of anilines is 1. The number of fused-ring (bicyclic) bond motifs is 1. The number of halogens is 1. The van der Waals surface area contributed by atoms with Gasteiger partial charge in [0.1, 0.15) is 0 Å². The van der Waals surface area contributed by atoms with Gasteiger partial charge in [0, 0.05) is 28.5 Å². The molecule has 4 aromatic rings. The van der Waals surface area contributed by atoms with Gasteiger partial charge in [-0.3, -0.25) is 9.36 Å². The van der Waals surface area contributed by atoms with Crippen LogP contribution in [0.15, 0.2) is 84.0 Å². The van der Waals surface area contributed by atoms with E-state index in [1.807, 2.05) is 82.3 Å². The normalized spacial score (nSPS) is 12.7. The van der Waals surface area contributed by atoms with Crippen molar-refractivity contribution in [3.05, 3.63) is 89.4 Å². The fraction of sp³-hybridized carbons (Fsp3) is 0.125. The van der Waals surface area contributed by atoms with Crippen LogP contribution in [0, 0.1) is 0 Å². The van der Waals surface area contributed by atoms with Gasteiger partial charge in [0.05, 0.1) is 5.75 Å². The summed E-state index contributed by atoms with van der Waals surface area (Å²) in [5, 5.41) is 10.2. The van der Waals surface area contributed by atoms with Crippen LogP contribution in [0.4, 0.5) is 5.69 Å². The van der Waals surface area contributed by atoms with Crippen molar-refractivity contribution in [3.63, 3.8) is 0 Å². The molecule has 0 radical (unpaired) electrons. The molecule has 5 rings (SSSR count). The highest BCUT2D eigenvalue weighted by Crippen LogP contribution is 2.31. The van der Waals surface area contributed by atoms with E-state index < -0.39 is 0 Å². The zero-order valence-corrected chi connectivity index (χ0v) is 18.2. The third-order valence-electron chi connectivity index (χ3n) is 5.26. The van der Waals surface area contributed by atoms with Gasteiger partial charge in [-0.2, -0.15) is 0 Å². The average Bonchev–Trinajstić information content (AvgIpc) is 3.43. The number of benzene rings is 3. The summed E-state index contributed by atoms with van der Waals surface area (Å²) in [4.78, 5) is 14.8. The molecule has 0 aliphatic carbocycles. The SMILES string of the molecule is O=C(CSc1nnc(-c2ccc(Cl)cc2)n1-c1ccccc1)N1CCc2ccccc21. The number of amides is 1. The van der Waals surface area contributed by atoms with Gasteiger partial charge in [0.25, 0.3) is 0 Å². The summed E-state index contributed by atoms with van der Waals surface area (Å²) in [5.41, 5.74) is 4.09. The minimum atomic E-state index is 0.0746. The first kappa shape index (κ1) is 19.8. The highest BCUT2D eigenvalue weighted by atomic mass is 35.5. The molecule has 0 unspecified atom stereocenters. The molecule has 2 heterocycles. The van der Waals surface area contributed by atoms with Crippen LogP contribution in [0.25, 0.3) is 17.1 Å². The Kier molecular flexibility index (Phi) is 5.49. The first-order chi connectivity index (χ1) is 15.2. The predicted octanol–water partition coefficient (Wildman–Crippen LogP) is 5.27. The summed E-state index contributed by atoms with van der Waals surface area (Å²) in [7, 11) is 0. The van der Waals surface area contributed by atoms with Crippen LogP contribution in [0.3, 0.4) is 0 Å². The molecule has 0 saturated carbocycles. The van der Waals surface area contributed by atoms with E-state index in [0.29, 0.717) is 21.8 Å². The second-order valence-electron chi connectivity index (χ2n) is 7.20.